The maximum absolute atomic E-state index is 13.7. The van der Waals surface area contributed by atoms with Crippen molar-refractivity contribution in [2.24, 2.45) is 0 Å². The minimum atomic E-state index is -0.593. The standard InChI is InChI=1S/C19H15Cl2F2N3O2/c1-10-3-15(23)14(21)7-16(10)24-19-25-18(27)17(28-2)9-26(19)8-11-4-12(20)6-13(22)5-11/h3-7,9H,8H2,1-2H3,(H,24,25,27). The van der Waals surface area contributed by atoms with Crippen molar-refractivity contribution in [2.45, 2.75) is 13.5 Å². The molecular formula is C19H15Cl2F2N3O2. The molecule has 3 rings (SSSR count). The van der Waals surface area contributed by atoms with E-state index in [1.165, 1.54) is 37.6 Å². The minimum absolute atomic E-state index is 0.0157. The van der Waals surface area contributed by atoms with Gasteiger partial charge in [0.05, 0.1) is 24.9 Å². The first-order valence-corrected chi connectivity index (χ1v) is 8.85. The van der Waals surface area contributed by atoms with Crippen LogP contribution in [0, 0.1) is 18.6 Å². The molecule has 0 saturated carbocycles. The first kappa shape index (κ1) is 20.1. The quantitative estimate of drug-likeness (QED) is 0.628. The lowest BCUT2D eigenvalue weighted by Crippen LogP contribution is -2.19. The molecule has 1 heterocycles. The van der Waals surface area contributed by atoms with Crippen molar-refractivity contribution in [3.63, 3.8) is 0 Å². The van der Waals surface area contributed by atoms with Crippen molar-refractivity contribution >= 4 is 34.8 Å². The summed E-state index contributed by atoms with van der Waals surface area (Å²) in [6.07, 6.45) is 1.44. The van der Waals surface area contributed by atoms with Crippen LogP contribution >= 0.6 is 23.2 Å². The number of nitrogens with zero attached hydrogens (tertiary/aromatic N) is 2. The number of anilines is 2. The third-order valence-electron chi connectivity index (χ3n) is 3.97. The van der Waals surface area contributed by atoms with Crippen molar-refractivity contribution in [1.82, 2.24) is 9.55 Å². The van der Waals surface area contributed by atoms with E-state index in [1.807, 2.05) is 0 Å². The Balaban J connectivity index is 2.06. The van der Waals surface area contributed by atoms with Crippen LogP contribution in [-0.2, 0) is 6.54 Å². The molecule has 1 N–H and O–H groups in total. The van der Waals surface area contributed by atoms with Gasteiger partial charge in [0.2, 0.25) is 11.7 Å². The van der Waals surface area contributed by atoms with Crippen LogP contribution in [0.15, 0.2) is 41.3 Å². The first-order chi connectivity index (χ1) is 13.3. The number of benzene rings is 2. The van der Waals surface area contributed by atoms with Crippen LogP contribution in [-0.4, -0.2) is 16.7 Å². The fraction of sp³-hybridized carbons (Fsp3) is 0.158. The van der Waals surface area contributed by atoms with Crippen molar-refractivity contribution < 1.29 is 13.5 Å². The number of hydrogen-bond donors (Lipinski definition) is 1. The molecule has 146 valence electrons. The highest BCUT2D eigenvalue weighted by atomic mass is 35.5. The lowest BCUT2D eigenvalue weighted by atomic mass is 10.2. The van der Waals surface area contributed by atoms with Crippen LogP contribution in [0.25, 0.3) is 0 Å². The van der Waals surface area contributed by atoms with Gasteiger partial charge < -0.3 is 14.6 Å². The minimum Gasteiger partial charge on any atom is -0.490 e. The van der Waals surface area contributed by atoms with Gasteiger partial charge in [-0.15, -0.1) is 0 Å². The summed E-state index contributed by atoms with van der Waals surface area (Å²) in [5.41, 5.74) is 0.987. The van der Waals surface area contributed by atoms with Gasteiger partial charge in [0.25, 0.3) is 0 Å². The monoisotopic (exact) mass is 425 g/mol. The second-order valence-corrected chi connectivity index (χ2v) is 6.89. The van der Waals surface area contributed by atoms with Gasteiger partial charge in [-0.2, -0.15) is 4.98 Å². The molecule has 0 amide bonds. The van der Waals surface area contributed by atoms with Crippen LogP contribution in [0.2, 0.25) is 10.0 Å². The van der Waals surface area contributed by atoms with E-state index in [9.17, 15) is 13.6 Å². The molecule has 0 spiro atoms. The fourth-order valence-electron chi connectivity index (χ4n) is 2.63. The molecule has 0 fully saturated rings. The van der Waals surface area contributed by atoms with Crippen molar-refractivity contribution in [3.05, 3.63) is 79.7 Å². The maximum atomic E-state index is 13.7. The smallest absolute Gasteiger partial charge is 0.316 e. The van der Waals surface area contributed by atoms with Crippen molar-refractivity contribution in [2.75, 3.05) is 12.4 Å². The third-order valence-corrected chi connectivity index (χ3v) is 4.48. The highest BCUT2D eigenvalue weighted by Gasteiger charge is 2.13. The van der Waals surface area contributed by atoms with Gasteiger partial charge in [-0.05, 0) is 48.4 Å². The molecule has 28 heavy (non-hydrogen) atoms. The van der Waals surface area contributed by atoms with Crippen LogP contribution in [0.1, 0.15) is 11.1 Å². The average molecular weight is 426 g/mol. The number of nitrogens with one attached hydrogen (secondary N) is 1. The second kappa shape index (κ2) is 8.16. The predicted octanol–water partition coefficient (Wildman–Crippen LogP) is 4.94. The molecule has 0 aliphatic heterocycles. The molecule has 0 radical (unpaired) electrons. The number of rotatable bonds is 5. The van der Waals surface area contributed by atoms with Crippen LogP contribution in [0.5, 0.6) is 5.75 Å². The molecule has 3 aromatic rings. The first-order valence-electron chi connectivity index (χ1n) is 8.10. The molecule has 0 saturated heterocycles. The van der Waals surface area contributed by atoms with Gasteiger partial charge in [-0.25, -0.2) is 8.78 Å². The van der Waals surface area contributed by atoms with Crippen LogP contribution in [0.4, 0.5) is 20.4 Å². The zero-order valence-corrected chi connectivity index (χ0v) is 16.4. The van der Waals surface area contributed by atoms with Gasteiger partial charge in [-0.1, -0.05) is 23.2 Å². The zero-order valence-electron chi connectivity index (χ0n) is 14.9. The number of halogens is 4. The Morgan fingerprint density at radius 1 is 1.18 bits per heavy atom. The van der Waals surface area contributed by atoms with Gasteiger partial charge in [0.1, 0.15) is 11.6 Å². The summed E-state index contributed by atoms with van der Waals surface area (Å²) in [6, 6.07) is 6.77. The summed E-state index contributed by atoms with van der Waals surface area (Å²) in [5.74, 6) is -0.878. The Bertz CT molecular complexity index is 1080. The second-order valence-electron chi connectivity index (χ2n) is 6.05. The highest BCUT2D eigenvalue weighted by molar-refractivity contribution is 6.31. The molecule has 2 aromatic carbocycles. The average Bonchev–Trinajstić information content (AvgIpc) is 2.61. The number of methoxy groups -OCH3 is 1. The van der Waals surface area contributed by atoms with Gasteiger partial charge >= 0.3 is 5.56 Å². The summed E-state index contributed by atoms with van der Waals surface area (Å²) in [7, 11) is 1.35. The van der Waals surface area contributed by atoms with E-state index in [4.69, 9.17) is 27.9 Å². The molecule has 0 aliphatic rings. The van der Waals surface area contributed by atoms with E-state index in [0.717, 1.165) is 0 Å². The van der Waals surface area contributed by atoms with Crippen LogP contribution < -0.4 is 15.6 Å². The zero-order chi connectivity index (χ0) is 20.4. The Morgan fingerprint density at radius 2 is 1.93 bits per heavy atom. The van der Waals surface area contributed by atoms with Crippen molar-refractivity contribution in [1.29, 1.82) is 0 Å². The molecule has 9 heteroatoms. The topological polar surface area (TPSA) is 56.1 Å². The normalized spacial score (nSPS) is 10.8. The van der Waals surface area contributed by atoms with E-state index in [2.05, 4.69) is 10.3 Å². The number of hydrogen-bond acceptors (Lipinski definition) is 4. The summed E-state index contributed by atoms with van der Waals surface area (Å²) >= 11 is 11.8. The van der Waals surface area contributed by atoms with E-state index in [-0.39, 0.29) is 28.3 Å². The Morgan fingerprint density at radius 3 is 2.61 bits per heavy atom. The number of aryl methyl sites for hydroxylation is 1. The lowest BCUT2D eigenvalue weighted by molar-refractivity contribution is 0.402. The summed E-state index contributed by atoms with van der Waals surface area (Å²) in [4.78, 5) is 16.1. The number of aromatic nitrogens is 2. The molecule has 0 unspecified atom stereocenters. The van der Waals surface area contributed by atoms with E-state index >= 15 is 0 Å². The van der Waals surface area contributed by atoms with E-state index in [0.29, 0.717) is 16.8 Å². The molecule has 1 aromatic heterocycles. The Kier molecular flexibility index (Phi) is 5.86. The lowest BCUT2D eigenvalue weighted by Gasteiger charge is -2.17. The predicted molar refractivity (Wildman–Crippen MR) is 105 cm³/mol. The fourth-order valence-corrected chi connectivity index (χ4v) is 3.04. The molecular weight excluding hydrogens is 411 g/mol. The summed E-state index contributed by atoms with van der Waals surface area (Å²) < 4.78 is 33.9. The van der Waals surface area contributed by atoms with Gasteiger partial charge in [-0.3, -0.25) is 4.79 Å². The molecule has 0 aliphatic carbocycles. The highest BCUT2D eigenvalue weighted by Crippen LogP contribution is 2.26. The van der Waals surface area contributed by atoms with Gasteiger partial charge in [0, 0.05) is 10.7 Å². The largest absolute Gasteiger partial charge is 0.490 e. The third kappa shape index (κ3) is 4.43. The van der Waals surface area contributed by atoms with Crippen molar-refractivity contribution in [3.8, 4) is 5.75 Å². The molecule has 5 nitrogen and oxygen atoms in total. The van der Waals surface area contributed by atoms with E-state index in [1.54, 1.807) is 17.6 Å². The molecule has 0 atom stereocenters. The summed E-state index contributed by atoms with van der Waals surface area (Å²) in [6.45, 7) is 1.83. The maximum Gasteiger partial charge on any atom is 0.316 e. The Hall–Kier alpha value is -2.64. The Labute approximate surface area is 169 Å². The van der Waals surface area contributed by atoms with Gasteiger partial charge in [0.15, 0.2) is 0 Å². The summed E-state index contributed by atoms with van der Waals surface area (Å²) in [5, 5.41) is 3.13. The SMILES string of the molecule is COc1cn(Cc2cc(F)cc(Cl)c2)c(Nc2cc(Cl)c(F)cc2C)nc1=O. The molecule has 0 bridgehead atoms. The van der Waals surface area contributed by atoms with E-state index < -0.39 is 17.2 Å². The van der Waals surface area contributed by atoms with Crippen LogP contribution in [0.3, 0.4) is 0 Å². The number of ether oxygens (including phenoxy) is 1.